The molecule has 19 heavy (non-hydrogen) atoms. The molecule has 2 heterocycles. The normalized spacial score (nSPS) is 19.5. The van der Waals surface area contributed by atoms with Crippen molar-refractivity contribution in [2.75, 3.05) is 23.7 Å². The Morgan fingerprint density at radius 2 is 2.32 bits per heavy atom. The van der Waals surface area contributed by atoms with Crippen molar-refractivity contribution >= 4 is 34.7 Å². The highest BCUT2D eigenvalue weighted by Gasteiger charge is 2.23. The van der Waals surface area contributed by atoms with Crippen LogP contribution < -0.4 is 10.6 Å². The summed E-state index contributed by atoms with van der Waals surface area (Å²) < 4.78 is 0. The topological polar surface area (TPSA) is 42.2 Å². The summed E-state index contributed by atoms with van der Waals surface area (Å²) in [6, 6.07) is 2.12. The Labute approximate surface area is 125 Å². The zero-order valence-electron chi connectivity index (χ0n) is 11.8. The van der Waals surface area contributed by atoms with Gasteiger partial charge >= 0.3 is 0 Å². The van der Waals surface area contributed by atoms with Crippen molar-refractivity contribution in [1.29, 1.82) is 0 Å². The minimum absolute atomic E-state index is 0.450. The minimum atomic E-state index is 0.450. The SMILES string of the molecule is CCC1CN(c2cc(C)nc(C)c2C(N)=S)CCS1. The number of aryl methyl sites for hydroxylation is 2. The lowest BCUT2D eigenvalue weighted by Gasteiger charge is -2.35. The second-order valence-electron chi connectivity index (χ2n) is 4.95. The summed E-state index contributed by atoms with van der Waals surface area (Å²) in [6.45, 7) is 8.38. The predicted molar refractivity (Wildman–Crippen MR) is 88.3 cm³/mol. The van der Waals surface area contributed by atoms with Crippen molar-refractivity contribution < 1.29 is 0 Å². The lowest BCUT2D eigenvalue weighted by Crippen LogP contribution is -2.39. The van der Waals surface area contributed by atoms with Gasteiger partial charge in [0.15, 0.2) is 0 Å². The first-order chi connectivity index (χ1) is 9.02. The van der Waals surface area contributed by atoms with Crippen molar-refractivity contribution in [1.82, 2.24) is 4.98 Å². The van der Waals surface area contributed by atoms with E-state index < -0.39 is 0 Å². The summed E-state index contributed by atoms with van der Waals surface area (Å²) in [6.07, 6.45) is 1.20. The Balaban J connectivity index is 2.40. The maximum Gasteiger partial charge on any atom is 0.107 e. The van der Waals surface area contributed by atoms with Crippen LogP contribution in [0, 0.1) is 13.8 Å². The van der Waals surface area contributed by atoms with Crippen LogP contribution in [0.25, 0.3) is 0 Å². The lowest BCUT2D eigenvalue weighted by atomic mass is 10.1. The number of hydrogen-bond acceptors (Lipinski definition) is 4. The number of nitrogens with zero attached hydrogens (tertiary/aromatic N) is 2. The molecule has 0 spiro atoms. The highest BCUT2D eigenvalue weighted by atomic mass is 32.2. The zero-order chi connectivity index (χ0) is 14.0. The van der Waals surface area contributed by atoms with Gasteiger partial charge in [0.2, 0.25) is 0 Å². The Morgan fingerprint density at radius 1 is 1.58 bits per heavy atom. The van der Waals surface area contributed by atoms with E-state index in [0.29, 0.717) is 10.2 Å². The molecule has 1 aromatic heterocycles. The molecule has 1 fully saturated rings. The number of aromatic nitrogens is 1. The quantitative estimate of drug-likeness (QED) is 0.868. The lowest BCUT2D eigenvalue weighted by molar-refractivity contribution is 0.726. The van der Waals surface area contributed by atoms with E-state index in [1.54, 1.807) is 0 Å². The summed E-state index contributed by atoms with van der Waals surface area (Å²) >= 11 is 7.28. The van der Waals surface area contributed by atoms with E-state index in [1.807, 2.05) is 13.8 Å². The molecule has 0 aliphatic carbocycles. The highest BCUT2D eigenvalue weighted by molar-refractivity contribution is 8.00. The number of nitrogens with two attached hydrogens (primary N) is 1. The molecule has 1 aliphatic rings. The van der Waals surface area contributed by atoms with Crippen LogP contribution in [0.4, 0.5) is 5.69 Å². The average molecular weight is 295 g/mol. The molecular formula is C14H21N3S2. The Bertz CT molecular complexity index is 488. The number of anilines is 1. The van der Waals surface area contributed by atoms with Gasteiger partial charge in [-0.25, -0.2) is 0 Å². The van der Waals surface area contributed by atoms with Gasteiger partial charge in [-0.3, -0.25) is 4.98 Å². The zero-order valence-corrected chi connectivity index (χ0v) is 13.4. The van der Waals surface area contributed by atoms with Gasteiger partial charge in [-0.05, 0) is 26.3 Å². The third-order valence-electron chi connectivity index (χ3n) is 3.49. The fourth-order valence-corrected chi connectivity index (χ4v) is 3.98. The van der Waals surface area contributed by atoms with Crippen molar-refractivity contribution in [3.05, 3.63) is 23.0 Å². The van der Waals surface area contributed by atoms with E-state index >= 15 is 0 Å². The van der Waals surface area contributed by atoms with E-state index in [0.717, 1.165) is 41.5 Å². The smallest absolute Gasteiger partial charge is 0.107 e. The van der Waals surface area contributed by atoms with Gasteiger partial charge in [-0.2, -0.15) is 11.8 Å². The van der Waals surface area contributed by atoms with Crippen molar-refractivity contribution in [2.45, 2.75) is 32.4 Å². The number of thioether (sulfide) groups is 1. The minimum Gasteiger partial charge on any atom is -0.389 e. The number of rotatable bonds is 3. The molecule has 0 bridgehead atoms. The van der Waals surface area contributed by atoms with Crippen LogP contribution in [-0.4, -0.2) is 34.1 Å². The summed E-state index contributed by atoms with van der Waals surface area (Å²) in [4.78, 5) is 7.36. The van der Waals surface area contributed by atoms with Crippen LogP contribution in [-0.2, 0) is 0 Å². The van der Waals surface area contributed by atoms with Crippen LogP contribution in [0.3, 0.4) is 0 Å². The molecule has 2 N–H and O–H groups in total. The first-order valence-corrected chi connectivity index (χ1v) is 8.13. The molecule has 0 aromatic carbocycles. The number of pyridine rings is 1. The molecule has 104 valence electrons. The molecule has 0 amide bonds. The number of thiocarbonyl (C=S) groups is 1. The van der Waals surface area contributed by atoms with E-state index in [1.165, 1.54) is 6.42 Å². The predicted octanol–water partition coefficient (Wildman–Crippen LogP) is 2.66. The molecule has 0 saturated carbocycles. The molecule has 3 nitrogen and oxygen atoms in total. The summed E-state index contributed by atoms with van der Waals surface area (Å²) in [5.74, 6) is 1.16. The van der Waals surface area contributed by atoms with Crippen molar-refractivity contribution in [2.24, 2.45) is 5.73 Å². The Hall–Kier alpha value is -0.810. The molecule has 1 atom stereocenters. The van der Waals surface area contributed by atoms with Crippen LogP contribution >= 0.6 is 24.0 Å². The number of hydrogen-bond donors (Lipinski definition) is 1. The van der Waals surface area contributed by atoms with Gasteiger partial charge in [-0.1, -0.05) is 19.1 Å². The van der Waals surface area contributed by atoms with Crippen LogP contribution in [0.15, 0.2) is 6.07 Å². The third kappa shape index (κ3) is 3.20. The van der Waals surface area contributed by atoms with E-state index in [4.69, 9.17) is 18.0 Å². The maximum absolute atomic E-state index is 5.90. The third-order valence-corrected chi connectivity index (χ3v) is 5.07. The molecule has 1 aromatic rings. The first kappa shape index (κ1) is 14.6. The van der Waals surface area contributed by atoms with E-state index in [-0.39, 0.29) is 0 Å². The first-order valence-electron chi connectivity index (χ1n) is 6.67. The Kier molecular flexibility index (Phi) is 4.68. The summed E-state index contributed by atoms with van der Waals surface area (Å²) in [5.41, 5.74) is 9.97. The molecule has 0 radical (unpaired) electrons. The second-order valence-corrected chi connectivity index (χ2v) is 6.80. The fourth-order valence-electron chi connectivity index (χ4n) is 2.55. The van der Waals surface area contributed by atoms with Gasteiger partial charge in [-0.15, -0.1) is 0 Å². The summed E-state index contributed by atoms with van der Waals surface area (Å²) in [7, 11) is 0. The molecule has 1 aliphatic heterocycles. The largest absolute Gasteiger partial charge is 0.389 e. The summed E-state index contributed by atoms with van der Waals surface area (Å²) in [5, 5.41) is 0.696. The van der Waals surface area contributed by atoms with Crippen LogP contribution in [0.1, 0.15) is 30.3 Å². The molecule has 2 rings (SSSR count). The average Bonchev–Trinajstić information content (AvgIpc) is 2.37. The maximum atomic E-state index is 5.90. The monoisotopic (exact) mass is 295 g/mol. The van der Waals surface area contributed by atoms with E-state index in [2.05, 4.69) is 34.6 Å². The van der Waals surface area contributed by atoms with Gasteiger partial charge in [0.25, 0.3) is 0 Å². The van der Waals surface area contributed by atoms with Crippen LogP contribution in [0.2, 0.25) is 0 Å². The van der Waals surface area contributed by atoms with Gasteiger partial charge in [0.1, 0.15) is 4.99 Å². The molecule has 5 heteroatoms. The van der Waals surface area contributed by atoms with Crippen molar-refractivity contribution in [3.8, 4) is 0 Å². The van der Waals surface area contributed by atoms with E-state index in [9.17, 15) is 0 Å². The second kappa shape index (κ2) is 6.09. The highest BCUT2D eigenvalue weighted by Crippen LogP contribution is 2.29. The molecular weight excluding hydrogens is 274 g/mol. The van der Waals surface area contributed by atoms with Crippen LogP contribution in [0.5, 0.6) is 0 Å². The van der Waals surface area contributed by atoms with Gasteiger partial charge < -0.3 is 10.6 Å². The molecule has 1 saturated heterocycles. The van der Waals surface area contributed by atoms with Crippen molar-refractivity contribution in [3.63, 3.8) is 0 Å². The van der Waals surface area contributed by atoms with Gasteiger partial charge in [0, 0.05) is 35.5 Å². The standard InChI is InChI=1S/C14H21N3S2/c1-4-11-8-17(5-6-19-11)12-7-9(2)16-10(3)13(12)14(15)18/h7,11H,4-6,8H2,1-3H3,(H2,15,18). The fraction of sp³-hybridized carbons (Fsp3) is 0.571. The Morgan fingerprint density at radius 3 is 2.95 bits per heavy atom. The molecule has 1 unspecified atom stereocenters. The van der Waals surface area contributed by atoms with Gasteiger partial charge in [0.05, 0.1) is 11.3 Å².